The summed E-state index contributed by atoms with van der Waals surface area (Å²) in [5.41, 5.74) is 1.01. The fourth-order valence-electron chi connectivity index (χ4n) is 3.73. The maximum Gasteiger partial charge on any atom is 0.255 e. The molecule has 6 nitrogen and oxygen atoms in total. The van der Waals surface area contributed by atoms with E-state index in [4.69, 9.17) is 9.15 Å². The smallest absolute Gasteiger partial charge is 0.255 e. The van der Waals surface area contributed by atoms with Crippen molar-refractivity contribution < 1.29 is 24.2 Å². The predicted molar refractivity (Wildman–Crippen MR) is 89.0 cm³/mol. The number of carbonyl (C=O) groups excluding carboxylic acids is 1. The number of ether oxygens (including phenoxy) is 1. The Morgan fingerprint density at radius 2 is 1.96 bits per heavy atom. The molecule has 25 heavy (non-hydrogen) atoms. The molecule has 1 aliphatic carbocycles. The van der Waals surface area contributed by atoms with Crippen LogP contribution in [-0.4, -0.2) is 35.4 Å². The minimum Gasteiger partial charge on any atom is -0.465 e. The first kappa shape index (κ1) is 16.3. The zero-order valence-corrected chi connectivity index (χ0v) is 13.8. The highest BCUT2D eigenvalue weighted by Gasteiger charge is 2.39. The van der Waals surface area contributed by atoms with Crippen molar-refractivity contribution in [3.63, 3.8) is 0 Å². The minimum atomic E-state index is -1.19. The maximum absolute atomic E-state index is 12.7. The summed E-state index contributed by atoms with van der Waals surface area (Å²) >= 11 is 0. The van der Waals surface area contributed by atoms with Crippen molar-refractivity contribution in [1.29, 1.82) is 0 Å². The first-order valence-electron chi connectivity index (χ1n) is 8.53. The molecule has 132 valence electrons. The second kappa shape index (κ2) is 6.29. The lowest BCUT2D eigenvalue weighted by Crippen LogP contribution is -2.40. The molecule has 0 unspecified atom stereocenters. The topological polar surface area (TPSA) is 91.9 Å². The first-order valence-corrected chi connectivity index (χ1v) is 8.53. The van der Waals surface area contributed by atoms with Gasteiger partial charge in [-0.1, -0.05) is 24.3 Å². The van der Waals surface area contributed by atoms with Crippen LogP contribution in [0.2, 0.25) is 0 Å². The number of rotatable bonds is 3. The molecule has 2 aromatic rings. The molecule has 0 radical (unpaired) electrons. The SMILES string of the molecule is O=C(N[C@H]1Cc2ccccc2[C@@H]1O)c1ccoc1C1(O)CCOCC1. The molecule has 1 fully saturated rings. The number of furan rings is 1. The molecule has 2 heterocycles. The standard InChI is InChI=1S/C19H21NO5/c21-16-13-4-2-1-3-12(13)11-15(16)20-18(22)14-5-8-25-17(14)19(23)6-9-24-10-7-19/h1-5,8,15-16,21,23H,6-7,9-11H2,(H,20,22)/t15-,16-/m0/s1. The van der Waals surface area contributed by atoms with Gasteiger partial charge in [-0.15, -0.1) is 0 Å². The largest absolute Gasteiger partial charge is 0.465 e. The van der Waals surface area contributed by atoms with Crippen LogP contribution in [0.25, 0.3) is 0 Å². The third-order valence-corrected chi connectivity index (χ3v) is 5.16. The van der Waals surface area contributed by atoms with E-state index < -0.39 is 17.7 Å². The molecule has 0 saturated carbocycles. The average Bonchev–Trinajstić information content (AvgIpc) is 3.22. The number of fused-ring (bicyclic) bond motifs is 1. The van der Waals surface area contributed by atoms with Gasteiger partial charge in [-0.25, -0.2) is 0 Å². The number of hydrogen-bond donors (Lipinski definition) is 3. The summed E-state index contributed by atoms with van der Waals surface area (Å²) in [5, 5.41) is 24.1. The summed E-state index contributed by atoms with van der Waals surface area (Å²) in [5.74, 6) is -0.0705. The van der Waals surface area contributed by atoms with Gasteiger partial charge < -0.3 is 24.7 Å². The molecule has 1 saturated heterocycles. The van der Waals surface area contributed by atoms with Gasteiger partial charge in [0.25, 0.3) is 5.91 Å². The summed E-state index contributed by atoms with van der Waals surface area (Å²) in [7, 11) is 0. The second-order valence-corrected chi connectivity index (χ2v) is 6.74. The summed E-state index contributed by atoms with van der Waals surface area (Å²) in [6.07, 6.45) is 2.03. The number of hydrogen-bond acceptors (Lipinski definition) is 5. The van der Waals surface area contributed by atoms with Gasteiger partial charge in [0.2, 0.25) is 0 Å². The number of nitrogens with one attached hydrogen (secondary N) is 1. The Hall–Kier alpha value is -2.15. The lowest BCUT2D eigenvalue weighted by Gasteiger charge is -2.31. The van der Waals surface area contributed by atoms with Crippen LogP contribution < -0.4 is 5.32 Å². The molecule has 4 rings (SSSR count). The fourth-order valence-corrected chi connectivity index (χ4v) is 3.73. The molecule has 2 aliphatic rings. The van der Waals surface area contributed by atoms with Gasteiger partial charge in [-0.3, -0.25) is 4.79 Å². The van der Waals surface area contributed by atoms with Crippen LogP contribution in [0.15, 0.2) is 41.0 Å². The molecule has 1 aromatic carbocycles. The maximum atomic E-state index is 12.7. The molecule has 2 atom stereocenters. The highest BCUT2D eigenvalue weighted by Crippen LogP contribution is 2.35. The molecule has 6 heteroatoms. The van der Waals surface area contributed by atoms with E-state index in [-0.39, 0.29) is 11.7 Å². The third kappa shape index (κ3) is 2.86. The Bertz CT molecular complexity index is 778. The molecule has 0 bridgehead atoms. The van der Waals surface area contributed by atoms with E-state index in [1.807, 2.05) is 24.3 Å². The van der Waals surface area contributed by atoms with Gasteiger partial charge >= 0.3 is 0 Å². The molecule has 3 N–H and O–H groups in total. The van der Waals surface area contributed by atoms with Crippen LogP contribution in [-0.2, 0) is 16.8 Å². The van der Waals surface area contributed by atoms with Crippen molar-refractivity contribution in [2.24, 2.45) is 0 Å². The van der Waals surface area contributed by atoms with Crippen LogP contribution in [0.3, 0.4) is 0 Å². The van der Waals surface area contributed by atoms with Crippen LogP contribution in [0.1, 0.15) is 46.2 Å². The molecule has 1 aromatic heterocycles. The van der Waals surface area contributed by atoms with Crippen molar-refractivity contribution in [1.82, 2.24) is 5.32 Å². The summed E-state index contributed by atoms with van der Waals surface area (Å²) in [4.78, 5) is 12.7. The van der Waals surface area contributed by atoms with E-state index >= 15 is 0 Å². The van der Waals surface area contributed by atoms with E-state index in [0.29, 0.717) is 38.0 Å². The molecule has 1 aliphatic heterocycles. The Morgan fingerprint density at radius 3 is 2.72 bits per heavy atom. The quantitative estimate of drug-likeness (QED) is 0.788. The Balaban J connectivity index is 1.53. The molecule has 0 spiro atoms. The number of benzene rings is 1. The van der Waals surface area contributed by atoms with Crippen LogP contribution in [0, 0.1) is 0 Å². The van der Waals surface area contributed by atoms with Gasteiger partial charge in [-0.05, 0) is 23.6 Å². The lowest BCUT2D eigenvalue weighted by atomic mass is 9.89. The van der Waals surface area contributed by atoms with Crippen molar-refractivity contribution >= 4 is 5.91 Å². The van der Waals surface area contributed by atoms with Crippen molar-refractivity contribution in [3.05, 3.63) is 59.0 Å². The summed E-state index contributed by atoms with van der Waals surface area (Å²) < 4.78 is 10.7. The summed E-state index contributed by atoms with van der Waals surface area (Å²) in [6.45, 7) is 0.851. The van der Waals surface area contributed by atoms with Gasteiger partial charge in [0.1, 0.15) is 11.4 Å². The number of aliphatic hydroxyl groups is 2. The highest BCUT2D eigenvalue weighted by atomic mass is 16.5. The minimum absolute atomic E-state index is 0.276. The summed E-state index contributed by atoms with van der Waals surface area (Å²) in [6, 6.07) is 8.80. The van der Waals surface area contributed by atoms with E-state index in [1.165, 1.54) is 6.26 Å². The Morgan fingerprint density at radius 1 is 1.20 bits per heavy atom. The van der Waals surface area contributed by atoms with Crippen LogP contribution in [0.4, 0.5) is 0 Å². The lowest BCUT2D eigenvalue weighted by molar-refractivity contribution is -0.0804. The van der Waals surface area contributed by atoms with Crippen molar-refractivity contribution in [2.45, 2.75) is 37.0 Å². The van der Waals surface area contributed by atoms with Crippen molar-refractivity contribution in [2.75, 3.05) is 13.2 Å². The number of carbonyl (C=O) groups is 1. The Kier molecular flexibility index (Phi) is 4.11. The highest BCUT2D eigenvalue weighted by molar-refractivity contribution is 5.95. The normalized spacial score (nSPS) is 24.7. The first-order chi connectivity index (χ1) is 12.1. The fraction of sp³-hybridized carbons (Fsp3) is 0.421. The Labute approximate surface area is 145 Å². The average molecular weight is 343 g/mol. The van der Waals surface area contributed by atoms with E-state index in [2.05, 4.69) is 5.32 Å². The van der Waals surface area contributed by atoms with Crippen LogP contribution in [0.5, 0.6) is 0 Å². The van der Waals surface area contributed by atoms with E-state index in [9.17, 15) is 15.0 Å². The van der Waals surface area contributed by atoms with Gasteiger partial charge in [0.15, 0.2) is 0 Å². The zero-order valence-electron chi connectivity index (χ0n) is 13.8. The number of aliphatic hydroxyl groups excluding tert-OH is 1. The number of amides is 1. The third-order valence-electron chi connectivity index (χ3n) is 5.16. The van der Waals surface area contributed by atoms with Crippen LogP contribution >= 0.6 is 0 Å². The monoisotopic (exact) mass is 343 g/mol. The van der Waals surface area contributed by atoms with Gasteiger partial charge in [0.05, 0.1) is 24.0 Å². The zero-order chi connectivity index (χ0) is 17.4. The predicted octanol–water partition coefficient (Wildman–Crippen LogP) is 1.67. The molecule has 1 amide bonds. The van der Waals surface area contributed by atoms with Gasteiger partial charge in [-0.2, -0.15) is 0 Å². The molecular weight excluding hydrogens is 322 g/mol. The second-order valence-electron chi connectivity index (χ2n) is 6.74. The van der Waals surface area contributed by atoms with Crippen molar-refractivity contribution in [3.8, 4) is 0 Å². The van der Waals surface area contributed by atoms with E-state index in [1.54, 1.807) is 6.07 Å². The molecular formula is C19H21NO5. The van der Waals surface area contributed by atoms with E-state index in [0.717, 1.165) is 11.1 Å². The van der Waals surface area contributed by atoms with Gasteiger partial charge in [0, 0.05) is 26.1 Å².